The number of hydrogen-bond donors (Lipinski definition) is 2. The summed E-state index contributed by atoms with van der Waals surface area (Å²) in [5.41, 5.74) is 1.90. The Balaban J connectivity index is 2.14. The fourth-order valence-corrected chi connectivity index (χ4v) is 1.39. The number of anilines is 1. The normalized spacial score (nSPS) is 9.94. The van der Waals surface area contributed by atoms with Crippen LogP contribution in [0.5, 0.6) is 5.75 Å². The second kappa shape index (κ2) is 4.65. The van der Waals surface area contributed by atoms with Gasteiger partial charge in [0.05, 0.1) is 5.56 Å². The lowest BCUT2D eigenvalue weighted by Gasteiger charge is -2.05. The van der Waals surface area contributed by atoms with E-state index in [1.807, 2.05) is 6.92 Å². The molecule has 17 heavy (non-hydrogen) atoms. The van der Waals surface area contributed by atoms with Crippen molar-refractivity contribution in [1.29, 1.82) is 0 Å². The molecule has 86 valence electrons. The molecule has 0 saturated carbocycles. The summed E-state index contributed by atoms with van der Waals surface area (Å²) in [7, 11) is 0. The lowest BCUT2D eigenvalue weighted by molar-refractivity contribution is 0.102. The molecule has 4 heteroatoms. The number of aromatic hydroxyl groups is 1. The van der Waals surface area contributed by atoms with Crippen LogP contribution in [-0.4, -0.2) is 16.0 Å². The average molecular weight is 228 g/mol. The number of nitrogens with zero attached hydrogens (tertiary/aromatic N) is 1. The molecule has 0 fully saturated rings. The quantitative estimate of drug-likeness (QED) is 0.829. The smallest absolute Gasteiger partial charge is 0.257 e. The van der Waals surface area contributed by atoms with Crippen molar-refractivity contribution in [1.82, 2.24) is 4.98 Å². The van der Waals surface area contributed by atoms with Gasteiger partial charge in [-0.1, -0.05) is 6.07 Å². The number of aromatic nitrogens is 1. The second-order valence-electron chi connectivity index (χ2n) is 3.69. The SMILES string of the molecule is Cc1ccc(C(=O)Nc2cccc(O)c2)cn1. The van der Waals surface area contributed by atoms with Crippen LogP contribution in [0.4, 0.5) is 5.69 Å². The summed E-state index contributed by atoms with van der Waals surface area (Å²) in [5, 5.41) is 11.9. The molecule has 0 radical (unpaired) electrons. The predicted molar refractivity (Wildman–Crippen MR) is 65.0 cm³/mol. The van der Waals surface area contributed by atoms with Crippen LogP contribution in [0.2, 0.25) is 0 Å². The Morgan fingerprint density at radius 3 is 2.76 bits per heavy atom. The van der Waals surface area contributed by atoms with Crippen LogP contribution in [0.1, 0.15) is 16.1 Å². The third kappa shape index (κ3) is 2.81. The van der Waals surface area contributed by atoms with E-state index >= 15 is 0 Å². The Hall–Kier alpha value is -2.36. The molecule has 1 aromatic carbocycles. The highest BCUT2D eigenvalue weighted by Gasteiger charge is 2.06. The average Bonchev–Trinajstić information content (AvgIpc) is 2.29. The van der Waals surface area contributed by atoms with Crippen LogP contribution in [0, 0.1) is 6.92 Å². The molecule has 0 saturated heterocycles. The summed E-state index contributed by atoms with van der Waals surface area (Å²) in [5.74, 6) is -0.132. The number of aryl methyl sites for hydroxylation is 1. The number of pyridine rings is 1. The largest absolute Gasteiger partial charge is 0.508 e. The first-order valence-corrected chi connectivity index (χ1v) is 5.18. The van der Waals surface area contributed by atoms with E-state index in [1.54, 1.807) is 30.3 Å². The van der Waals surface area contributed by atoms with E-state index in [1.165, 1.54) is 12.3 Å². The summed E-state index contributed by atoms with van der Waals surface area (Å²) in [6, 6.07) is 9.89. The van der Waals surface area contributed by atoms with Crippen LogP contribution in [-0.2, 0) is 0 Å². The molecular formula is C13H12N2O2. The van der Waals surface area contributed by atoms with Gasteiger partial charge in [0.1, 0.15) is 5.75 Å². The lowest BCUT2D eigenvalue weighted by Crippen LogP contribution is -2.12. The molecule has 2 rings (SSSR count). The van der Waals surface area contributed by atoms with Gasteiger partial charge in [0.15, 0.2) is 0 Å². The van der Waals surface area contributed by atoms with Crippen molar-refractivity contribution in [2.45, 2.75) is 6.92 Å². The van der Waals surface area contributed by atoms with E-state index < -0.39 is 0 Å². The highest BCUT2D eigenvalue weighted by molar-refractivity contribution is 6.04. The van der Waals surface area contributed by atoms with E-state index in [9.17, 15) is 9.90 Å². The van der Waals surface area contributed by atoms with Crippen LogP contribution < -0.4 is 5.32 Å². The van der Waals surface area contributed by atoms with Crippen molar-refractivity contribution in [3.05, 3.63) is 53.9 Å². The molecule has 1 amide bonds. The number of carbonyl (C=O) groups is 1. The fraction of sp³-hybridized carbons (Fsp3) is 0.0769. The highest BCUT2D eigenvalue weighted by Crippen LogP contribution is 2.16. The summed E-state index contributed by atoms with van der Waals surface area (Å²) in [6.07, 6.45) is 1.52. The number of benzene rings is 1. The van der Waals surface area contributed by atoms with Gasteiger partial charge in [-0.15, -0.1) is 0 Å². The van der Waals surface area contributed by atoms with Gasteiger partial charge in [0.2, 0.25) is 0 Å². The molecule has 2 aromatic rings. The Morgan fingerprint density at radius 2 is 2.12 bits per heavy atom. The molecule has 1 heterocycles. The summed E-state index contributed by atoms with van der Waals surface area (Å²) in [4.78, 5) is 15.9. The summed E-state index contributed by atoms with van der Waals surface area (Å²) < 4.78 is 0. The van der Waals surface area contributed by atoms with Gasteiger partial charge in [-0.3, -0.25) is 9.78 Å². The molecule has 2 N–H and O–H groups in total. The molecular weight excluding hydrogens is 216 g/mol. The molecule has 0 atom stereocenters. The predicted octanol–water partition coefficient (Wildman–Crippen LogP) is 2.35. The fourth-order valence-electron chi connectivity index (χ4n) is 1.39. The van der Waals surface area contributed by atoms with Gasteiger partial charge in [-0.25, -0.2) is 0 Å². The van der Waals surface area contributed by atoms with E-state index in [0.29, 0.717) is 11.3 Å². The van der Waals surface area contributed by atoms with Crippen LogP contribution in [0.3, 0.4) is 0 Å². The van der Waals surface area contributed by atoms with Crippen molar-refractivity contribution in [2.24, 2.45) is 0 Å². The van der Waals surface area contributed by atoms with E-state index in [0.717, 1.165) is 5.69 Å². The molecule has 1 aromatic heterocycles. The van der Waals surface area contributed by atoms with Crippen LogP contribution in [0.25, 0.3) is 0 Å². The number of carbonyl (C=O) groups excluding carboxylic acids is 1. The molecule has 4 nitrogen and oxygen atoms in total. The molecule has 0 aliphatic heterocycles. The Morgan fingerprint density at radius 1 is 1.29 bits per heavy atom. The van der Waals surface area contributed by atoms with Crippen LogP contribution >= 0.6 is 0 Å². The van der Waals surface area contributed by atoms with E-state index in [4.69, 9.17) is 0 Å². The molecule has 0 aliphatic carbocycles. The first-order chi connectivity index (χ1) is 8.15. The van der Waals surface area contributed by atoms with Gasteiger partial charge < -0.3 is 10.4 Å². The van der Waals surface area contributed by atoms with Gasteiger partial charge >= 0.3 is 0 Å². The van der Waals surface area contributed by atoms with Crippen molar-refractivity contribution in [2.75, 3.05) is 5.32 Å². The molecule has 0 unspecified atom stereocenters. The second-order valence-corrected chi connectivity index (χ2v) is 3.69. The molecule has 0 aliphatic rings. The third-order valence-electron chi connectivity index (χ3n) is 2.28. The zero-order chi connectivity index (χ0) is 12.3. The van der Waals surface area contributed by atoms with Crippen molar-refractivity contribution in [3.8, 4) is 5.75 Å². The van der Waals surface area contributed by atoms with Gasteiger partial charge in [0, 0.05) is 23.6 Å². The van der Waals surface area contributed by atoms with Gasteiger partial charge in [-0.2, -0.15) is 0 Å². The topological polar surface area (TPSA) is 62.2 Å². The Kier molecular flexibility index (Phi) is 3.05. The number of amides is 1. The maximum Gasteiger partial charge on any atom is 0.257 e. The number of rotatable bonds is 2. The number of nitrogens with one attached hydrogen (secondary N) is 1. The highest BCUT2D eigenvalue weighted by atomic mass is 16.3. The molecule has 0 spiro atoms. The van der Waals surface area contributed by atoms with Gasteiger partial charge in [0.25, 0.3) is 5.91 Å². The van der Waals surface area contributed by atoms with E-state index in [-0.39, 0.29) is 11.7 Å². The zero-order valence-electron chi connectivity index (χ0n) is 9.34. The summed E-state index contributed by atoms with van der Waals surface area (Å²) in [6.45, 7) is 1.86. The summed E-state index contributed by atoms with van der Waals surface area (Å²) >= 11 is 0. The van der Waals surface area contributed by atoms with Crippen molar-refractivity contribution in [3.63, 3.8) is 0 Å². The Labute approximate surface area is 98.9 Å². The van der Waals surface area contributed by atoms with Crippen molar-refractivity contribution < 1.29 is 9.90 Å². The van der Waals surface area contributed by atoms with Crippen LogP contribution in [0.15, 0.2) is 42.6 Å². The standard InChI is InChI=1S/C13H12N2O2/c1-9-5-6-10(8-14-9)13(17)15-11-3-2-4-12(16)7-11/h2-8,16H,1H3,(H,15,17). The maximum atomic E-state index is 11.8. The minimum Gasteiger partial charge on any atom is -0.508 e. The minimum absolute atomic E-state index is 0.116. The third-order valence-corrected chi connectivity index (χ3v) is 2.28. The van der Waals surface area contributed by atoms with E-state index in [2.05, 4.69) is 10.3 Å². The monoisotopic (exact) mass is 228 g/mol. The molecule has 0 bridgehead atoms. The number of hydrogen-bond acceptors (Lipinski definition) is 3. The van der Waals surface area contributed by atoms with Gasteiger partial charge in [-0.05, 0) is 31.2 Å². The number of phenols is 1. The zero-order valence-corrected chi connectivity index (χ0v) is 9.34. The maximum absolute atomic E-state index is 11.8. The Bertz CT molecular complexity index is 535. The first kappa shape index (κ1) is 11.1. The first-order valence-electron chi connectivity index (χ1n) is 5.18. The van der Waals surface area contributed by atoms with Crippen molar-refractivity contribution >= 4 is 11.6 Å². The lowest BCUT2D eigenvalue weighted by atomic mass is 10.2. The minimum atomic E-state index is -0.247. The number of phenolic OH excluding ortho intramolecular Hbond substituents is 1.